The minimum absolute atomic E-state index is 0.0307. The standard InChI is InChI=1S/C14H24N2O/c1-4-14(5-2,10-17)9-16-13-8-12(15)7-6-11(13)3/h6-8,16-17H,4-5,9-10,15H2,1-3H3. The van der Waals surface area contributed by atoms with E-state index in [9.17, 15) is 5.11 Å². The Morgan fingerprint density at radius 3 is 2.47 bits per heavy atom. The van der Waals surface area contributed by atoms with Gasteiger partial charge in [-0.2, -0.15) is 0 Å². The predicted molar refractivity (Wildman–Crippen MR) is 74.2 cm³/mol. The highest BCUT2D eigenvalue weighted by atomic mass is 16.3. The lowest BCUT2D eigenvalue weighted by Crippen LogP contribution is -2.32. The molecule has 0 aliphatic rings. The maximum absolute atomic E-state index is 9.51. The highest BCUT2D eigenvalue weighted by molar-refractivity contribution is 5.59. The molecule has 0 radical (unpaired) electrons. The summed E-state index contributed by atoms with van der Waals surface area (Å²) >= 11 is 0. The van der Waals surface area contributed by atoms with Crippen LogP contribution in [-0.2, 0) is 0 Å². The van der Waals surface area contributed by atoms with E-state index in [2.05, 4.69) is 26.1 Å². The van der Waals surface area contributed by atoms with E-state index in [1.807, 2.05) is 18.2 Å². The van der Waals surface area contributed by atoms with Gasteiger partial charge < -0.3 is 16.2 Å². The number of nitrogens with one attached hydrogen (secondary N) is 1. The van der Waals surface area contributed by atoms with E-state index < -0.39 is 0 Å². The summed E-state index contributed by atoms with van der Waals surface area (Å²) in [5.41, 5.74) is 8.75. The van der Waals surface area contributed by atoms with Gasteiger partial charge in [-0.25, -0.2) is 0 Å². The third-order valence-electron chi connectivity index (χ3n) is 3.75. The zero-order valence-corrected chi connectivity index (χ0v) is 11.1. The first-order chi connectivity index (χ1) is 8.06. The van der Waals surface area contributed by atoms with Gasteiger partial charge in [0.15, 0.2) is 0 Å². The van der Waals surface area contributed by atoms with Gasteiger partial charge in [0, 0.05) is 23.3 Å². The molecule has 0 heterocycles. The van der Waals surface area contributed by atoms with E-state index in [4.69, 9.17) is 5.73 Å². The average Bonchev–Trinajstić information content (AvgIpc) is 2.35. The summed E-state index contributed by atoms with van der Waals surface area (Å²) in [5.74, 6) is 0. The van der Waals surface area contributed by atoms with Gasteiger partial charge in [-0.05, 0) is 37.5 Å². The predicted octanol–water partition coefficient (Wildman–Crippen LogP) is 2.79. The Morgan fingerprint density at radius 1 is 1.29 bits per heavy atom. The van der Waals surface area contributed by atoms with Gasteiger partial charge >= 0.3 is 0 Å². The average molecular weight is 236 g/mol. The topological polar surface area (TPSA) is 58.3 Å². The fraction of sp³-hybridized carbons (Fsp3) is 0.571. The van der Waals surface area contributed by atoms with E-state index in [1.165, 1.54) is 5.56 Å². The number of aliphatic hydroxyl groups excluding tert-OH is 1. The van der Waals surface area contributed by atoms with Gasteiger partial charge in [0.2, 0.25) is 0 Å². The van der Waals surface area contributed by atoms with Crippen molar-refractivity contribution in [2.24, 2.45) is 5.41 Å². The number of hydrogen-bond acceptors (Lipinski definition) is 3. The van der Waals surface area contributed by atoms with Crippen molar-refractivity contribution in [2.75, 3.05) is 24.2 Å². The number of nitrogen functional groups attached to an aromatic ring is 1. The third-order valence-corrected chi connectivity index (χ3v) is 3.75. The van der Waals surface area contributed by atoms with Crippen LogP contribution in [0.4, 0.5) is 11.4 Å². The fourth-order valence-corrected chi connectivity index (χ4v) is 1.89. The molecule has 0 aliphatic carbocycles. The number of nitrogens with two attached hydrogens (primary N) is 1. The van der Waals surface area contributed by atoms with Gasteiger partial charge in [-0.3, -0.25) is 0 Å². The van der Waals surface area contributed by atoms with Crippen LogP contribution in [0.5, 0.6) is 0 Å². The summed E-state index contributed by atoms with van der Waals surface area (Å²) in [6, 6.07) is 5.86. The second-order valence-electron chi connectivity index (χ2n) is 4.79. The SMILES string of the molecule is CCC(CC)(CO)CNc1cc(N)ccc1C. The Hall–Kier alpha value is -1.22. The van der Waals surface area contributed by atoms with Gasteiger partial charge in [-0.15, -0.1) is 0 Å². The van der Waals surface area contributed by atoms with E-state index >= 15 is 0 Å². The van der Waals surface area contributed by atoms with E-state index in [1.54, 1.807) is 0 Å². The monoisotopic (exact) mass is 236 g/mol. The van der Waals surface area contributed by atoms with E-state index in [0.29, 0.717) is 0 Å². The second kappa shape index (κ2) is 5.92. The molecule has 0 saturated carbocycles. The minimum Gasteiger partial charge on any atom is -0.399 e. The lowest BCUT2D eigenvalue weighted by atomic mass is 9.83. The van der Waals surface area contributed by atoms with Crippen molar-refractivity contribution < 1.29 is 5.11 Å². The van der Waals surface area contributed by atoms with Crippen molar-refractivity contribution >= 4 is 11.4 Å². The maximum atomic E-state index is 9.51. The molecule has 0 saturated heterocycles. The van der Waals surface area contributed by atoms with Crippen LogP contribution in [0.2, 0.25) is 0 Å². The molecule has 3 heteroatoms. The van der Waals surface area contributed by atoms with Crippen molar-refractivity contribution in [1.82, 2.24) is 0 Å². The number of rotatable bonds is 6. The van der Waals surface area contributed by atoms with Gasteiger partial charge in [0.1, 0.15) is 0 Å². The van der Waals surface area contributed by atoms with Crippen LogP contribution in [-0.4, -0.2) is 18.3 Å². The first-order valence-corrected chi connectivity index (χ1v) is 6.27. The van der Waals surface area contributed by atoms with Crippen LogP contribution in [0.3, 0.4) is 0 Å². The molecule has 3 nitrogen and oxygen atoms in total. The van der Waals surface area contributed by atoms with Crippen LogP contribution < -0.4 is 11.1 Å². The molecule has 96 valence electrons. The normalized spacial score (nSPS) is 11.5. The summed E-state index contributed by atoms with van der Waals surface area (Å²) in [6.07, 6.45) is 1.93. The van der Waals surface area contributed by atoms with Crippen LogP contribution in [0.15, 0.2) is 18.2 Å². The third kappa shape index (κ3) is 3.37. The molecule has 0 aliphatic heterocycles. The summed E-state index contributed by atoms with van der Waals surface area (Å²) in [6.45, 7) is 7.29. The molecule has 0 unspecified atom stereocenters. The number of benzene rings is 1. The molecule has 0 atom stereocenters. The fourth-order valence-electron chi connectivity index (χ4n) is 1.89. The molecular weight excluding hydrogens is 212 g/mol. The summed E-state index contributed by atoms with van der Waals surface area (Å²) < 4.78 is 0. The smallest absolute Gasteiger partial charge is 0.0504 e. The Balaban J connectivity index is 2.75. The van der Waals surface area contributed by atoms with Crippen molar-refractivity contribution in [2.45, 2.75) is 33.6 Å². The summed E-state index contributed by atoms with van der Waals surface area (Å²) in [7, 11) is 0. The van der Waals surface area contributed by atoms with Crippen molar-refractivity contribution in [3.8, 4) is 0 Å². The largest absolute Gasteiger partial charge is 0.399 e. The lowest BCUT2D eigenvalue weighted by molar-refractivity contribution is 0.127. The minimum atomic E-state index is -0.0307. The molecule has 0 fully saturated rings. The number of anilines is 2. The highest BCUT2D eigenvalue weighted by Gasteiger charge is 2.24. The molecule has 0 spiro atoms. The first kappa shape index (κ1) is 13.8. The van der Waals surface area contributed by atoms with Crippen molar-refractivity contribution in [1.29, 1.82) is 0 Å². The molecule has 4 N–H and O–H groups in total. The van der Waals surface area contributed by atoms with Crippen LogP contribution in [0.1, 0.15) is 32.3 Å². The molecule has 17 heavy (non-hydrogen) atoms. The molecule has 0 amide bonds. The molecule has 1 aromatic rings. The molecule has 1 aromatic carbocycles. The van der Waals surface area contributed by atoms with Crippen LogP contribution in [0, 0.1) is 12.3 Å². The second-order valence-corrected chi connectivity index (χ2v) is 4.79. The quantitative estimate of drug-likeness (QED) is 0.666. The van der Waals surface area contributed by atoms with Crippen LogP contribution in [0.25, 0.3) is 0 Å². The Kier molecular flexibility index (Phi) is 4.82. The van der Waals surface area contributed by atoms with E-state index in [-0.39, 0.29) is 12.0 Å². The lowest BCUT2D eigenvalue weighted by Gasteiger charge is -2.30. The maximum Gasteiger partial charge on any atom is 0.0504 e. The van der Waals surface area contributed by atoms with Gasteiger partial charge in [0.05, 0.1) is 6.61 Å². The summed E-state index contributed by atoms with van der Waals surface area (Å²) in [4.78, 5) is 0. The van der Waals surface area contributed by atoms with Gasteiger partial charge in [-0.1, -0.05) is 19.9 Å². The van der Waals surface area contributed by atoms with Crippen molar-refractivity contribution in [3.63, 3.8) is 0 Å². The molecule has 1 rings (SSSR count). The van der Waals surface area contributed by atoms with Crippen LogP contribution >= 0.6 is 0 Å². The zero-order valence-electron chi connectivity index (χ0n) is 11.1. The Labute approximate surface area is 104 Å². The van der Waals surface area contributed by atoms with Gasteiger partial charge in [0.25, 0.3) is 0 Å². The highest BCUT2D eigenvalue weighted by Crippen LogP contribution is 2.27. The number of hydrogen-bond donors (Lipinski definition) is 3. The zero-order chi connectivity index (χ0) is 12.9. The summed E-state index contributed by atoms with van der Waals surface area (Å²) in [5, 5.41) is 12.9. The Bertz CT molecular complexity index is 351. The first-order valence-electron chi connectivity index (χ1n) is 6.27. The number of aliphatic hydroxyl groups is 1. The molecule has 0 aromatic heterocycles. The van der Waals surface area contributed by atoms with E-state index in [0.717, 1.165) is 30.8 Å². The Morgan fingerprint density at radius 2 is 1.94 bits per heavy atom. The molecule has 0 bridgehead atoms. The molecular formula is C14H24N2O. The van der Waals surface area contributed by atoms with Crippen molar-refractivity contribution in [3.05, 3.63) is 23.8 Å². The number of aryl methyl sites for hydroxylation is 1.